The molecule has 2 N–H and O–H groups in total. The fourth-order valence-corrected chi connectivity index (χ4v) is 4.75. The van der Waals surface area contributed by atoms with E-state index in [1.807, 2.05) is 0 Å². The summed E-state index contributed by atoms with van der Waals surface area (Å²) in [7, 11) is 0. The van der Waals surface area contributed by atoms with Crippen molar-refractivity contribution in [1.82, 2.24) is 9.88 Å². The third kappa shape index (κ3) is 4.68. The molecule has 1 saturated carbocycles. The molecule has 0 atom stereocenters. The first-order valence-electron chi connectivity index (χ1n) is 10.3. The molecule has 5 nitrogen and oxygen atoms in total. The van der Waals surface area contributed by atoms with Crippen LogP contribution in [-0.2, 0) is 17.5 Å². The van der Waals surface area contributed by atoms with Crippen molar-refractivity contribution >= 4 is 45.8 Å². The van der Waals surface area contributed by atoms with E-state index in [1.54, 1.807) is 0 Å². The zero-order valence-electron chi connectivity index (χ0n) is 17.2. The zero-order valence-corrected chi connectivity index (χ0v) is 18.7. The minimum absolute atomic E-state index is 0.0307. The van der Waals surface area contributed by atoms with Crippen molar-refractivity contribution < 1.29 is 27.9 Å². The number of aromatic hydroxyl groups is 1. The van der Waals surface area contributed by atoms with Gasteiger partial charge in [0.2, 0.25) is 0 Å². The number of alkyl halides is 3. The van der Waals surface area contributed by atoms with Crippen LogP contribution in [0.5, 0.6) is 5.75 Å². The number of phenols is 1. The molecule has 0 radical (unpaired) electrons. The first kappa shape index (κ1) is 23.4. The Balaban J connectivity index is 1.89. The Morgan fingerprint density at radius 1 is 1.09 bits per heavy atom. The number of fused-ring (bicyclic) bond motifs is 1. The van der Waals surface area contributed by atoms with Crippen LogP contribution in [0.15, 0.2) is 36.4 Å². The van der Waals surface area contributed by atoms with Gasteiger partial charge in [0, 0.05) is 33.5 Å². The number of benzene rings is 2. The first-order chi connectivity index (χ1) is 15.6. The van der Waals surface area contributed by atoms with Crippen molar-refractivity contribution in [1.29, 1.82) is 0 Å². The van der Waals surface area contributed by atoms with Crippen molar-refractivity contribution in [2.75, 3.05) is 0 Å². The summed E-state index contributed by atoms with van der Waals surface area (Å²) < 4.78 is 43.9. The smallest absolute Gasteiger partial charge is 0.432 e. The van der Waals surface area contributed by atoms with Crippen LogP contribution in [-0.4, -0.2) is 27.4 Å². The highest BCUT2D eigenvalue weighted by molar-refractivity contribution is 6.45. The summed E-state index contributed by atoms with van der Waals surface area (Å²) in [6.45, 7) is -0.330. The molecule has 1 fully saturated rings. The molecule has 0 spiro atoms. The predicted octanol–water partition coefficient (Wildman–Crippen LogP) is 5.96. The molecule has 174 valence electrons. The third-order valence-corrected chi connectivity index (χ3v) is 6.37. The van der Waals surface area contributed by atoms with Crippen LogP contribution in [0.25, 0.3) is 10.9 Å². The lowest BCUT2D eigenvalue weighted by atomic mass is 10.0. The molecule has 1 aromatic heterocycles. The van der Waals surface area contributed by atoms with Crippen LogP contribution >= 0.6 is 23.2 Å². The van der Waals surface area contributed by atoms with E-state index in [9.17, 15) is 27.9 Å². The van der Waals surface area contributed by atoms with Gasteiger partial charge in [-0.1, -0.05) is 42.1 Å². The van der Waals surface area contributed by atoms with Crippen LogP contribution in [0.2, 0.25) is 10.0 Å². The fraction of sp³-hybridized carbons (Fsp3) is 0.304. The number of rotatable bonds is 5. The molecule has 0 unspecified atom stereocenters. The minimum Gasteiger partial charge on any atom is -0.508 e. The summed E-state index contributed by atoms with van der Waals surface area (Å²) in [5.41, 5.74) is -1.70. The Hall–Kier alpha value is -2.71. The second-order valence-electron chi connectivity index (χ2n) is 8.03. The van der Waals surface area contributed by atoms with Gasteiger partial charge in [-0.15, -0.1) is 0 Å². The van der Waals surface area contributed by atoms with Crippen molar-refractivity contribution in [3.63, 3.8) is 0 Å². The maximum atomic E-state index is 14.3. The molecule has 0 bridgehead atoms. The van der Waals surface area contributed by atoms with Gasteiger partial charge in [-0.3, -0.25) is 9.59 Å². The SMILES string of the molecule is O=C(NC1CCCC1)C(=O)c1c(C(F)(F)F)n(Cc2ccc(Cl)cc2Cl)c2ccc(O)cc12. The highest BCUT2D eigenvalue weighted by Crippen LogP contribution is 2.40. The van der Waals surface area contributed by atoms with Gasteiger partial charge in [-0.25, -0.2) is 0 Å². The van der Waals surface area contributed by atoms with Gasteiger partial charge in [0.1, 0.15) is 11.4 Å². The average molecular weight is 499 g/mol. The van der Waals surface area contributed by atoms with E-state index < -0.39 is 29.1 Å². The Labute approximate surface area is 197 Å². The number of halogens is 5. The van der Waals surface area contributed by atoms with Crippen molar-refractivity contribution in [3.8, 4) is 5.75 Å². The van der Waals surface area contributed by atoms with E-state index >= 15 is 0 Å². The van der Waals surface area contributed by atoms with E-state index in [2.05, 4.69) is 5.32 Å². The monoisotopic (exact) mass is 498 g/mol. The molecule has 2 aromatic carbocycles. The standard InChI is InChI=1S/C23H19Cl2F3N2O3/c24-13-6-5-12(17(25)9-13)11-30-18-8-7-15(31)10-16(18)19(21(30)23(26,27)28)20(32)22(33)29-14-3-1-2-4-14/h5-10,14,31H,1-4,11H2,(H,29,33). The number of hydrogen-bond acceptors (Lipinski definition) is 3. The lowest BCUT2D eigenvalue weighted by Gasteiger charge is -2.16. The largest absolute Gasteiger partial charge is 0.508 e. The van der Waals surface area contributed by atoms with Gasteiger partial charge >= 0.3 is 6.18 Å². The molecule has 1 aliphatic rings. The Morgan fingerprint density at radius 3 is 2.42 bits per heavy atom. The molecule has 1 heterocycles. The number of nitrogens with one attached hydrogen (secondary N) is 1. The number of hydrogen-bond donors (Lipinski definition) is 2. The number of nitrogens with zero attached hydrogens (tertiary/aromatic N) is 1. The van der Waals surface area contributed by atoms with E-state index in [1.165, 1.54) is 30.3 Å². The molecule has 1 aliphatic carbocycles. The number of amides is 1. The maximum absolute atomic E-state index is 14.3. The normalized spacial score (nSPS) is 14.7. The number of carbonyl (C=O) groups is 2. The van der Waals surface area contributed by atoms with Gasteiger partial charge in [0.05, 0.1) is 5.56 Å². The van der Waals surface area contributed by atoms with Gasteiger partial charge in [-0.2, -0.15) is 13.2 Å². The molecule has 1 amide bonds. The topological polar surface area (TPSA) is 71.3 Å². The van der Waals surface area contributed by atoms with Crippen LogP contribution in [0.3, 0.4) is 0 Å². The Bertz CT molecular complexity index is 1250. The average Bonchev–Trinajstić information content (AvgIpc) is 3.35. The first-order valence-corrected chi connectivity index (χ1v) is 11.0. The van der Waals surface area contributed by atoms with Gasteiger partial charge in [-0.05, 0) is 48.7 Å². The Morgan fingerprint density at radius 2 is 1.79 bits per heavy atom. The number of aromatic nitrogens is 1. The quantitative estimate of drug-likeness (QED) is 0.336. The zero-order chi connectivity index (χ0) is 23.9. The lowest BCUT2D eigenvalue weighted by molar-refractivity contribution is -0.143. The van der Waals surface area contributed by atoms with Gasteiger partial charge < -0.3 is 15.0 Å². The molecule has 3 aromatic rings. The van der Waals surface area contributed by atoms with Crippen LogP contribution < -0.4 is 5.32 Å². The van der Waals surface area contributed by atoms with Crippen molar-refractivity contribution in [2.24, 2.45) is 0 Å². The summed E-state index contributed by atoms with van der Waals surface area (Å²) in [5, 5.41) is 12.8. The fourth-order valence-electron chi connectivity index (χ4n) is 4.29. The summed E-state index contributed by atoms with van der Waals surface area (Å²) in [4.78, 5) is 25.7. The predicted molar refractivity (Wildman–Crippen MR) is 119 cm³/mol. The summed E-state index contributed by atoms with van der Waals surface area (Å²) >= 11 is 12.1. The maximum Gasteiger partial charge on any atom is 0.432 e. The number of phenolic OH excluding ortho intramolecular Hbond substituents is 1. The highest BCUT2D eigenvalue weighted by Gasteiger charge is 2.43. The number of Topliss-reactive ketones (excluding diaryl/α,β-unsaturated/α-hetero) is 1. The molecular formula is C23H19Cl2F3N2O3. The molecule has 4 rings (SSSR count). The summed E-state index contributed by atoms with van der Waals surface area (Å²) in [6, 6.07) is 7.70. The van der Waals surface area contributed by atoms with Crippen LogP contribution in [0.4, 0.5) is 13.2 Å². The van der Waals surface area contributed by atoms with Crippen LogP contribution in [0, 0.1) is 0 Å². The third-order valence-electron chi connectivity index (χ3n) is 5.78. The summed E-state index contributed by atoms with van der Waals surface area (Å²) in [6.07, 6.45) is -1.87. The van der Waals surface area contributed by atoms with Crippen LogP contribution in [0.1, 0.15) is 47.3 Å². The number of ketones is 1. The molecule has 10 heteroatoms. The van der Waals surface area contributed by atoms with E-state index in [4.69, 9.17) is 23.2 Å². The molecule has 33 heavy (non-hydrogen) atoms. The lowest BCUT2D eigenvalue weighted by Crippen LogP contribution is -2.38. The van der Waals surface area contributed by atoms with E-state index in [0.29, 0.717) is 23.4 Å². The second-order valence-corrected chi connectivity index (χ2v) is 8.87. The Kier molecular flexibility index (Phi) is 6.33. The number of carbonyl (C=O) groups excluding carboxylic acids is 2. The molecule has 0 aliphatic heterocycles. The highest BCUT2D eigenvalue weighted by atomic mass is 35.5. The molecular weight excluding hydrogens is 480 g/mol. The molecule has 0 saturated heterocycles. The summed E-state index contributed by atoms with van der Waals surface area (Å²) in [5.74, 6) is -2.73. The van der Waals surface area contributed by atoms with Crippen molar-refractivity contribution in [2.45, 2.75) is 44.4 Å². The van der Waals surface area contributed by atoms with Gasteiger partial charge in [0.25, 0.3) is 11.7 Å². The van der Waals surface area contributed by atoms with Crippen molar-refractivity contribution in [3.05, 3.63) is 63.3 Å². The van der Waals surface area contributed by atoms with E-state index in [0.717, 1.165) is 23.5 Å². The van der Waals surface area contributed by atoms with E-state index in [-0.39, 0.29) is 34.3 Å². The van der Waals surface area contributed by atoms with Gasteiger partial charge in [0.15, 0.2) is 0 Å². The second kappa shape index (κ2) is 8.91. The minimum atomic E-state index is -4.97.